The highest BCUT2D eigenvalue weighted by atomic mass is 16.5. The molecule has 0 saturated carbocycles. The monoisotopic (exact) mass is 392 g/mol. The normalized spacial score (nSPS) is 16.6. The molecule has 1 unspecified atom stereocenters. The maximum Gasteiger partial charge on any atom is 0.335 e. The Bertz CT molecular complexity index is 965. The summed E-state index contributed by atoms with van der Waals surface area (Å²) in [5.74, 6) is 0.357. The van der Waals surface area contributed by atoms with Gasteiger partial charge in [-0.2, -0.15) is 4.98 Å². The number of aromatic nitrogens is 2. The van der Waals surface area contributed by atoms with Gasteiger partial charge in [0.25, 0.3) is 0 Å². The second-order valence-electron chi connectivity index (χ2n) is 7.32. The number of carboxylic acid groups (broad SMARTS) is 1. The van der Waals surface area contributed by atoms with Gasteiger partial charge in [-0.1, -0.05) is 47.6 Å². The first kappa shape index (κ1) is 19.3. The van der Waals surface area contributed by atoms with Gasteiger partial charge >= 0.3 is 5.97 Å². The summed E-state index contributed by atoms with van der Waals surface area (Å²) < 4.78 is 5.52. The fraction of sp³-hybridized carbons (Fsp3) is 0.318. The Hall–Kier alpha value is -3.03. The molecule has 150 valence electrons. The summed E-state index contributed by atoms with van der Waals surface area (Å²) in [5, 5.41) is 13.3. The standard InChI is InChI=1S/C22H24N4O3/c1-16(21-23-20(24-29-21)18-7-3-2-4-8-18)26-12-10-25(11-13-26)15-17-6-5-9-19(14-17)22(27)28/h2-9,14,16H,10-13,15H2,1H3,(H,27,28). The van der Waals surface area contributed by atoms with Gasteiger partial charge < -0.3 is 9.63 Å². The van der Waals surface area contributed by atoms with Crippen LogP contribution < -0.4 is 0 Å². The van der Waals surface area contributed by atoms with Crippen LogP contribution in [0.4, 0.5) is 0 Å². The van der Waals surface area contributed by atoms with Gasteiger partial charge in [-0.05, 0) is 24.6 Å². The predicted molar refractivity (Wildman–Crippen MR) is 108 cm³/mol. The SMILES string of the molecule is CC(c1nc(-c2ccccc2)no1)N1CCN(Cc2cccc(C(=O)O)c2)CC1. The van der Waals surface area contributed by atoms with E-state index in [0.29, 0.717) is 17.3 Å². The molecule has 1 aliphatic heterocycles. The van der Waals surface area contributed by atoms with Crippen molar-refractivity contribution in [2.75, 3.05) is 26.2 Å². The molecule has 1 atom stereocenters. The molecule has 0 spiro atoms. The van der Waals surface area contributed by atoms with E-state index >= 15 is 0 Å². The zero-order chi connectivity index (χ0) is 20.2. The van der Waals surface area contributed by atoms with Crippen molar-refractivity contribution in [1.82, 2.24) is 19.9 Å². The van der Waals surface area contributed by atoms with Gasteiger partial charge in [-0.25, -0.2) is 4.79 Å². The van der Waals surface area contributed by atoms with Gasteiger partial charge in [-0.3, -0.25) is 9.80 Å². The molecule has 1 fully saturated rings. The Labute approximate surface area is 169 Å². The lowest BCUT2D eigenvalue weighted by molar-refractivity contribution is 0.0696. The molecule has 2 aromatic carbocycles. The van der Waals surface area contributed by atoms with Crippen LogP contribution in [0.25, 0.3) is 11.4 Å². The maximum absolute atomic E-state index is 11.2. The summed E-state index contributed by atoms with van der Waals surface area (Å²) >= 11 is 0. The Morgan fingerprint density at radius 1 is 1.10 bits per heavy atom. The van der Waals surface area contributed by atoms with E-state index in [-0.39, 0.29) is 6.04 Å². The molecule has 1 saturated heterocycles. The van der Waals surface area contributed by atoms with Crippen LogP contribution in [0.1, 0.15) is 34.8 Å². The first-order valence-corrected chi connectivity index (χ1v) is 9.78. The minimum Gasteiger partial charge on any atom is -0.478 e. The van der Waals surface area contributed by atoms with Crippen molar-refractivity contribution in [3.63, 3.8) is 0 Å². The molecule has 3 aromatic rings. The van der Waals surface area contributed by atoms with Crippen molar-refractivity contribution in [3.05, 3.63) is 71.6 Å². The molecular weight excluding hydrogens is 368 g/mol. The van der Waals surface area contributed by atoms with Crippen LogP contribution >= 0.6 is 0 Å². The smallest absolute Gasteiger partial charge is 0.335 e. The molecule has 0 amide bonds. The zero-order valence-electron chi connectivity index (χ0n) is 16.4. The predicted octanol–water partition coefficient (Wildman–Crippen LogP) is 3.31. The van der Waals surface area contributed by atoms with Gasteiger partial charge in [0, 0.05) is 38.3 Å². The molecule has 1 aromatic heterocycles. The third-order valence-corrected chi connectivity index (χ3v) is 5.37. The molecule has 29 heavy (non-hydrogen) atoms. The quantitative estimate of drug-likeness (QED) is 0.689. The molecule has 4 rings (SSSR count). The summed E-state index contributed by atoms with van der Waals surface area (Å²) in [7, 11) is 0. The molecule has 0 bridgehead atoms. The molecule has 0 radical (unpaired) electrons. The van der Waals surface area contributed by atoms with E-state index in [0.717, 1.165) is 43.9 Å². The van der Waals surface area contributed by atoms with Crippen molar-refractivity contribution in [1.29, 1.82) is 0 Å². The number of rotatable bonds is 6. The highest BCUT2D eigenvalue weighted by Gasteiger charge is 2.26. The number of aromatic carboxylic acids is 1. The summed E-state index contributed by atoms with van der Waals surface area (Å²) in [5.41, 5.74) is 2.30. The van der Waals surface area contributed by atoms with Crippen molar-refractivity contribution in [2.24, 2.45) is 0 Å². The lowest BCUT2D eigenvalue weighted by Gasteiger charge is -2.36. The Kier molecular flexibility index (Phi) is 5.69. The average Bonchev–Trinajstić information content (AvgIpc) is 3.25. The van der Waals surface area contributed by atoms with Crippen LogP contribution in [-0.4, -0.2) is 57.2 Å². The molecular formula is C22H24N4O3. The van der Waals surface area contributed by atoms with E-state index in [9.17, 15) is 4.79 Å². The van der Waals surface area contributed by atoms with E-state index in [4.69, 9.17) is 9.63 Å². The van der Waals surface area contributed by atoms with Crippen LogP contribution in [0.5, 0.6) is 0 Å². The minimum absolute atomic E-state index is 0.0532. The van der Waals surface area contributed by atoms with Crippen molar-refractivity contribution < 1.29 is 14.4 Å². The Balaban J connectivity index is 1.34. The van der Waals surface area contributed by atoms with E-state index in [2.05, 4.69) is 26.9 Å². The van der Waals surface area contributed by atoms with Crippen LogP contribution in [0.2, 0.25) is 0 Å². The third kappa shape index (κ3) is 4.52. The topological polar surface area (TPSA) is 82.7 Å². The van der Waals surface area contributed by atoms with Crippen LogP contribution in [0.3, 0.4) is 0 Å². The lowest BCUT2D eigenvalue weighted by Crippen LogP contribution is -2.46. The number of piperazine rings is 1. The maximum atomic E-state index is 11.2. The molecule has 1 aliphatic rings. The van der Waals surface area contributed by atoms with Gasteiger partial charge in [-0.15, -0.1) is 0 Å². The van der Waals surface area contributed by atoms with Crippen molar-refractivity contribution in [3.8, 4) is 11.4 Å². The van der Waals surface area contributed by atoms with E-state index < -0.39 is 5.97 Å². The van der Waals surface area contributed by atoms with E-state index in [1.54, 1.807) is 18.2 Å². The second-order valence-corrected chi connectivity index (χ2v) is 7.32. The van der Waals surface area contributed by atoms with Crippen molar-refractivity contribution >= 4 is 5.97 Å². The number of nitrogens with zero attached hydrogens (tertiary/aromatic N) is 4. The second kappa shape index (κ2) is 8.55. The average molecular weight is 392 g/mol. The first-order chi connectivity index (χ1) is 14.1. The van der Waals surface area contributed by atoms with E-state index in [1.807, 2.05) is 36.4 Å². The highest BCUT2D eigenvalue weighted by molar-refractivity contribution is 5.87. The Morgan fingerprint density at radius 3 is 2.59 bits per heavy atom. The van der Waals surface area contributed by atoms with E-state index in [1.165, 1.54) is 0 Å². The number of carboxylic acids is 1. The van der Waals surface area contributed by atoms with Gasteiger partial charge in [0.1, 0.15) is 0 Å². The summed E-state index contributed by atoms with van der Waals surface area (Å²) in [6.07, 6.45) is 0. The molecule has 2 heterocycles. The number of benzene rings is 2. The minimum atomic E-state index is -0.889. The fourth-order valence-electron chi connectivity index (χ4n) is 3.64. The zero-order valence-corrected chi connectivity index (χ0v) is 16.4. The molecule has 1 N–H and O–H groups in total. The summed E-state index contributed by atoms with van der Waals surface area (Å²) in [6.45, 7) is 6.44. The van der Waals surface area contributed by atoms with Gasteiger partial charge in [0.05, 0.1) is 11.6 Å². The van der Waals surface area contributed by atoms with Crippen LogP contribution in [-0.2, 0) is 6.54 Å². The highest BCUT2D eigenvalue weighted by Crippen LogP contribution is 2.23. The lowest BCUT2D eigenvalue weighted by atomic mass is 10.1. The number of hydrogen-bond acceptors (Lipinski definition) is 6. The molecule has 7 nitrogen and oxygen atoms in total. The third-order valence-electron chi connectivity index (χ3n) is 5.37. The summed E-state index contributed by atoms with van der Waals surface area (Å²) in [6, 6.07) is 17.0. The van der Waals surface area contributed by atoms with Crippen LogP contribution in [0, 0.1) is 0 Å². The largest absolute Gasteiger partial charge is 0.478 e. The van der Waals surface area contributed by atoms with Gasteiger partial charge in [0.15, 0.2) is 0 Å². The Morgan fingerprint density at radius 2 is 1.86 bits per heavy atom. The fourth-order valence-corrected chi connectivity index (χ4v) is 3.64. The van der Waals surface area contributed by atoms with Gasteiger partial charge in [0.2, 0.25) is 11.7 Å². The first-order valence-electron chi connectivity index (χ1n) is 9.78. The van der Waals surface area contributed by atoms with Crippen molar-refractivity contribution in [2.45, 2.75) is 19.5 Å². The van der Waals surface area contributed by atoms with Crippen LogP contribution in [0.15, 0.2) is 59.1 Å². The number of hydrogen-bond donors (Lipinski definition) is 1. The summed E-state index contributed by atoms with van der Waals surface area (Å²) in [4.78, 5) is 20.4. The molecule has 0 aliphatic carbocycles. The molecule has 7 heteroatoms. The number of carbonyl (C=O) groups is 1.